The number of amides is 1. The molecule has 8 nitrogen and oxygen atoms in total. The van der Waals surface area contributed by atoms with Crippen LogP contribution < -0.4 is 14.8 Å². The Morgan fingerprint density at radius 2 is 2.00 bits per heavy atom. The molecule has 0 spiro atoms. The molecule has 10 heteroatoms. The Morgan fingerprint density at radius 3 is 2.78 bits per heavy atom. The summed E-state index contributed by atoms with van der Waals surface area (Å²) in [6, 6.07) is 3.47. The van der Waals surface area contributed by atoms with Crippen LogP contribution in [0.25, 0.3) is 11.1 Å². The zero-order valence-electron chi connectivity index (χ0n) is 17.9. The van der Waals surface area contributed by atoms with Crippen molar-refractivity contribution in [3.05, 3.63) is 40.9 Å². The highest BCUT2D eigenvalue weighted by Gasteiger charge is 2.20. The monoisotopic (exact) mass is 473 g/mol. The number of rotatable bonds is 8. The van der Waals surface area contributed by atoms with E-state index in [1.165, 1.54) is 56.5 Å². The van der Waals surface area contributed by atoms with Crippen molar-refractivity contribution >= 4 is 34.0 Å². The molecule has 168 valence electrons. The van der Waals surface area contributed by atoms with Crippen LogP contribution in [0.3, 0.4) is 0 Å². The molecule has 1 fully saturated rings. The predicted molar refractivity (Wildman–Crippen MR) is 124 cm³/mol. The van der Waals surface area contributed by atoms with Gasteiger partial charge >= 0.3 is 0 Å². The number of pyridine rings is 2. The number of methoxy groups -OCH3 is 1. The third-order valence-electron chi connectivity index (χ3n) is 5.48. The normalized spacial score (nSPS) is 13.8. The summed E-state index contributed by atoms with van der Waals surface area (Å²) in [5, 5.41) is 12.0. The number of ether oxygens (including phenoxy) is 2. The van der Waals surface area contributed by atoms with Gasteiger partial charge in [-0.3, -0.25) is 15.1 Å². The van der Waals surface area contributed by atoms with E-state index >= 15 is 0 Å². The third-order valence-corrected chi connectivity index (χ3v) is 6.44. The lowest BCUT2D eigenvalue weighted by Gasteiger charge is -2.13. The number of hydrogen-bond acceptors (Lipinski definition) is 8. The minimum atomic E-state index is -0.365. The number of anilines is 1. The number of nitrogens with zero attached hydrogens (tertiary/aromatic N) is 4. The zero-order valence-corrected chi connectivity index (χ0v) is 19.5. The van der Waals surface area contributed by atoms with Crippen molar-refractivity contribution in [2.24, 2.45) is 5.92 Å². The molecule has 0 radical (unpaired) electrons. The molecule has 1 aliphatic carbocycles. The lowest BCUT2D eigenvalue weighted by atomic mass is 10.0. The molecule has 3 aromatic rings. The standard InChI is InChI=1S/C22H24ClN5O3S/c1-13-9-15(16-10-19(23)25-12-18(16)30-2)17(11-24-13)20(29)26-21-27-28-22(32-21)31-8-7-14-5-3-4-6-14/h9-12,14H,3-8H2,1-2H3,(H,26,27,29). The summed E-state index contributed by atoms with van der Waals surface area (Å²) in [4.78, 5) is 21.4. The van der Waals surface area contributed by atoms with Gasteiger partial charge in [0.25, 0.3) is 11.1 Å². The van der Waals surface area contributed by atoms with Crippen molar-refractivity contribution in [3.63, 3.8) is 0 Å². The molecule has 1 amide bonds. The van der Waals surface area contributed by atoms with Crippen molar-refractivity contribution < 1.29 is 14.3 Å². The van der Waals surface area contributed by atoms with Crippen LogP contribution in [0.5, 0.6) is 10.9 Å². The van der Waals surface area contributed by atoms with E-state index in [0.29, 0.717) is 44.5 Å². The number of hydrogen-bond donors (Lipinski definition) is 1. The van der Waals surface area contributed by atoms with Gasteiger partial charge in [-0.25, -0.2) is 4.98 Å². The molecule has 0 atom stereocenters. The Hall–Kier alpha value is -2.78. The third kappa shape index (κ3) is 5.34. The minimum absolute atomic E-state index is 0.296. The van der Waals surface area contributed by atoms with Crippen LogP contribution in [0.2, 0.25) is 5.15 Å². The largest absolute Gasteiger partial charge is 0.494 e. The minimum Gasteiger partial charge on any atom is -0.494 e. The van der Waals surface area contributed by atoms with Gasteiger partial charge in [-0.05, 0) is 42.7 Å². The van der Waals surface area contributed by atoms with Gasteiger partial charge in [0.05, 0.1) is 25.5 Å². The van der Waals surface area contributed by atoms with E-state index in [1.54, 1.807) is 12.1 Å². The summed E-state index contributed by atoms with van der Waals surface area (Å²) in [5.41, 5.74) is 2.39. The van der Waals surface area contributed by atoms with Gasteiger partial charge in [0.1, 0.15) is 10.9 Å². The number of halogens is 1. The van der Waals surface area contributed by atoms with E-state index in [9.17, 15) is 4.79 Å². The molecule has 0 saturated heterocycles. The van der Waals surface area contributed by atoms with Gasteiger partial charge in [0, 0.05) is 23.0 Å². The fourth-order valence-corrected chi connectivity index (χ4v) is 4.62. The molecule has 1 saturated carbocycles. The molecule has 4 rings (SSSR count). The molecule has 0 aliphatic heterocycles. The molecule has 0 aromatic carbocycles. The molecule has 1 N–H and O–H groups in total. The molecule has 32 heavy (non-hydrogen) atoms. The number of nitrogens with one attached hydrogen (secondary N) is 1. The number of aryl methyl sites for hydroxylation is 1. The Kier molecular flexibility index (Phi) is 7.16. The maximum atomic E-state index is 13.1. The van der Waals surface area contributed by atoms with E-state index in [0.717, 1.165) is 18.0 Å². The van der Waals surface area contributed by atoms with Gasteiger partial charge in [-0.1, -0.05) is 42.4 Å². The number of carbonyl (C=O) groups excluding carboxylic acids is 1. The fraction of sp³-hybridized carbons (Fsp3) is 0.409. The number of carbonyl (C=O) groups is 1. The predicted octanol–water partition coefficient (Wildman–Crippen LogP) is 5.18. The van der Waals surface area contributed by atoms with E-state index in [2.05, 4.69) is 25.5 Å². The maximum Gasteiger partial charge on any atom is 0.295 e. The summed E-state index contributed by atoms with van der Waals surface area (Å²) in [5.74, 6) is 0.882. The van der Waals surface area contributed by atoms with Crippen LogP contribution in [0.4, 0.5) is 5.13 Å². The van der Waals surface area contributed by atoms with Crippen LogP contribution in [0.1, 0.15) is 48.2 Å². The lowest BCUT2D eigenvalue weighted by Crippen LogP contribution is -2.14. The Balaban J connectivity index is 1.48. The van der Waals surface area contributed by atoms with Gasteiger partial charge in [0.15, 0.2) is 0 Å². The highest BCUT2D eigenvalue weighted by molar-refractivity contribution is 7.17. The first-order chi connectivity index (χ1) is 15.5. The summed E-state index contributed by atoms with van der Waals surface area (Å²) >= 11 is 7.30. The fourth-order valence-electron chi connectivity index (χ4n) is 3.85. The lowest BCUT2D eigenvalue weighted by molar-refractivity contribution is 0.102. The summed E-state index contributed by atoms with van der Waals surface area (Å²) in [6.07, 6.45) is 9.25. The summed E-state index contributed by atoms with van der Waals surface area (Å²) in [6.45, 7) is 2.46. The van der Waals surface area contributed by atoms with Gasteiger partial charge in [0.2, 0.25) is 5.13 Å². The smallest absolute Gasteiger partial charge is 0.295 e. The summed E-state index contributed by atoms with van der Waals surface area (Å²) in [7, 11) is 1.54. The molecule has 0 bridgehead atoms. The van der Waals surface area contributed by atoms with Crippen molar-refractivity contribution in [2.75, 3.05) is 19.0 Å². The van der Waals surface area contributed by atoms with Crippen LogP contribution in [-0.4, -0.2) is 39.8 Å². The topological polar surface area (TPSA) is 99.1 Å². The van der Waals surface area contributed by atoms with Gasteiger partial charge < -0.3 is 9.47 Å². The molecule has 1 aliphatic rings. The van der Waals surface area contributed by atoms with Crippen LogP contribution in [0, 0.1) is 12.8 Å². The maximum absolute atomic E-state index is 13.1. The highest BCUT2D eigenvalue weighted by Crippen LogP contribution is 2.34. The summed E-state index contributed by atoms with van der Waals surface area (Å²) < 4.78 is 11.1. The van der Waals surface area contributed by atoms with Gasteiger partial charge in [-0.2, -0.15) is 0 Å². The van der Waals surface area contributed by atoms with Crippen molar-refractivity contribution in [1.82, 2.24) is 20.2 Å². The molecule has 0 unspecified atom stereocenters. The van der Waals surface area contributed by atoms with Crippen LogP contribution >= 0.6 is 22.9 Å². The van der Waals surface area contributed by atoms with E-state index < -0.39 is 0 Å². The Labute approximate surface area is 195 Å². The second-order valence-corrected chi connectivity index (χ2v) is 9.02. The average molecular weight is 474 g/mol. The first kappa shape index (κ1) is 22.4. The van der Waals surface area contributed by atoms with E-state index in [1.807, 2.05) is 6.92 Å². The average Bonchev–Trinajstić information content (AvgIpc) is 3.46. The first-order valence-electron chi connectivity index (χ1n) is 10.5. The van der Waals surface area contributed by atoms with Crippen molar-refractivity contribution in [1.29, 1.82) is 0 Å². The quantitative estimate of drug-likeness (QED) is 0.450. The van der Waals surface area contributed by atoms with Gasteiger partial charge in [-0.15, -0.1) is 5.10 Å². The molecule has 3 aromatic heterocycles. The van der Waals surface area contributed by atoms with Crippen molar-refractivity contribution in [3.8, 4) is 22.1 Å². The molecular weight excluding hydrogens is 450 g/mol. The van der Waals surface area contributed by atoms with Crippen LogP contribution in [0.15, 0.2) is 24.5 Å². The molecule has 3 heterocycles. The second-order valence-electron chi connectivity index (χ2n) is 7.69. The SMILES string of the molecule is COc1cnc(Cl)cc1-c1cc(C)ncc1C(=O)Nc1nnc(OCCC2CCCC2)s1. The Morgan fingerprint density at radius 1 is 1.19 bits per heavy atom. The first-order valence-corrected chi connectivity index (χ1v) is 11.7. The second kappa shape index (κ2) is 10.2. The van der Waals surface area contributed by atoms with E-state index in [-0.39, 0.29) is 5.91 Å². The zero-order chi connectivity index (χ0) is 22.5. The molecular formula is C22H24ClN5O3S. The highest BCUT2D eigenvalue weighted by atomic mass is 35.5. The number of aromatic nitrogens is 4. The van der Waals surface area contributed by atoms with Crippen LogP contribution in [-0.2, 0) is 0 Å². The Bertz CT molecular complexity index is 1100. The van der Waals surface area contributed by atoms with Crippen molar-refractivity contribution in [2.45, 2.75) is 39.0 Å². The van der Waals surface area contributed by atoms with E-state index in [4.69, 9.17) is 21.1 Å².